The Labute approximate surface area is 119 Å². The van der Waals surface area contributed by atoms with E-state index in [9.17, 15) is 4.39 Å². The lowest BCUT2D eigenvalue weighted by atomic mass is 9.91. The van der Waals surface area contributed by atoms with Crippen LogP contribution in [0.2, 0.25) is 0 Å². The zero-order chi connectivity index (χ0) is 14.5. The molecule has 0 saturated heterocycles. The largest absolute Gasteiger partial charge is 0.494 e. The van der Waals surface area contributed by atoms with Crippen molar-refractivity contribution in [1.29, 1.82) is 0 Å². The predicted molar refractivity (Wildman–Crippen MR) is 79.6 cm³/mol. The van der Waals surface area contributed by atoms with Gasteiger partial charge in [0, 0.05) is 5.92 Å². The van der Waals surface area contributed by atoms with Gasteiger partial charge in [0.1, 0.15) is 0 Å². The molecule has 2 N–H and O–H groups in total. The van der Waals surface area contributed by atoms with Crippen molar-refractivity contribution in [2.24, 2.45) is 5.73 Å². The van der Waals surface area contributed by atoms with Crippen LogP contribution in [0.3, 0.4) is 0 Å². The van der Waals surface area contributed by atoms with Crippen molar-refractivity contribution < 1.29 is 9.13 Å². The third-order valence-electron chi connectivity index (χ3n) is 3.50. The Kier molecular flexibility index (Phi) is 4.74. The molecule has 20 heavy (non-hydrogen) atoms. The maximum Gasteiger partial charge on any atom is 0.165 e. The Morgan fingerprint density at radius 2 is 2.00 bits per heavy atom. The van der Waals surface area contributed by atoms with Crippen LogP contribution in [0.4, 0.5) is 4.39 Å². The van der Waals surface area contributed by atoms with Gasteiger partial charge < -0.3 is 10.5 Å². The molecule has 1 atom stereocenters. The van der Waals surface area contributed by atoms with E-state index in [4.69, 9.17) is 10.5 Å². The second-order valence-electron chi connectivity index (χ2n) is 5.02. The minimum Gasteiger partial charge on any atom is -0.494 e. The van der Waals surface area contributed by atoms with Gasteiger partial charge in [-0.15, -0.1) is 0 Å². The summed E-state index contributed by atoms with van der Waals surface area (Å²) in [5, 5.41) is 0. The van der Waals surface area contributed by atoms with Gasteiger partial charge in [-0.1, -0.05) is 35.9 Å². The fraction of sp³-hybridized carbons (Fsp3) is 0.294. The topological polar surface area (TPSA) is 35.2 Å². The Morgan fingerprint density at radius 1 is 1.20 bits per heavy atom. The van der Waals surface area contributed by atoms with E-state index in [1.807, 2.05) is 12.1 Å². The zero-order valence-corrected chi connectivity index (χ0v) is 11.9. The van der Waals surface area contributed by atoms with E-state index in [0.29, 0.717) is 6.54 Å². The van der Waals surface area contributed by atoms with Crippen molar-refractivity contribution in [2.45, 2.75) is 19.3 Å². The summed E-state index contributed by atoms with van der Waals surface area (Å²) in [6.07, 6.45) is 0.723. The first kappa shape index (κ1) is 14.5. The molecule has 0 aliphatic rings. The van der Waals surface area contributed by atoms with Gasteiger partial charge in [0.05, 0.1) is 7.11 Å². The number of hydrogen-bond donors (Lipinski definition) is 1. The van der Waals surface area contributed by atoms with Crippen LogP contribution >= 0.6 is 0 Å². The van der Waals surface area contributed by atoms with Crippen LogP contribution in [-0.2, 0) is 6.42 Å². The lowest BCUT2D eigenvalue weighted by Gasteiger charge is -2.16. The SMILES string of the molecule is COc1ccc(CC(CN)c2cccc(C)c2)cc1F. The van der Waals surface area contributed by atoms with E-state index < -0.39 is 0 Å². The van der Waals surface area contributed by atoms with Gasteiger partial charge in [0.2, 0.25) is 0 Å². The van der Waals surface area contributed by atoms with Crippen molar-refractivity contribution in [3.63, 3.8) is 0 Å². The van der Waals surface area contributed by atoms with Gasteiger partial charge in [-0.3, -0.25) is 0 Å². The summed E-state index contributed by atoms with van der Waals surface area (Å²) < 4.78 is 18.6. The predicted octanol–water partition coefficient (Wildman–Crippen LogP) is 3.43. The quantitative estimate of drug-likeness (QED) is 0.906. The number of ether oxygens (including phenoxy) is 1. The molecule has 0 aliphatic carbocycles. The van der Waals surface area contributed by atoms with Crippen molar-refractivity contribution in [2.75, 3.05) is 13.7 Å². The van der Waals surface area contributed by atoms with E-state index in [0.717, 1.165) is 12.0 Å². The smallest absolute Gasteiger partial charge is 0.165 e. The van der Waals surface area contributed by atoms with Gasteiger partial charge in [-0.25, -0.2) is 4.39 Å². The summed E-state index contributed by atoms with van der Waals surface area (Å²) in [7, 11) is 1.47. The van der Waals surface area contributed by atoms with Crippen LogP contribution in [0, 0.1) is 12.7 Å². The average Bonchev–Trinajstić information content (AvgIpc) is 2.45. The highest BCUT2D eigenvalue weighted by Gasteiger charge is 2.12. The number of nitrogens with two attached hydrogens (primary N) is 1. The number of methoxy groups -OCH3 is 1. The van der Waals surface area contributed by atoms with Crippen LogP contribution in [-0.4, -0.2) is 13.7 Å². The number of halogens is 1. The molecule has 0 aliphatic heterocycles. The molecule has 2 aromatic rings. The molecule has 3 heteroatoms. The molecule has 0 radical (unpaired) electrons. The summed E-state index contributed by atoms with van der Waals surface area (Å²) in [5.41, 5.74) is 9.22. The molecule has 0 heterocycles. The second-order valence-corrected chi connectivity index (χ2v) is 5.02. The van der Waals surface area contributed by atoms with E-state index >= 15 is 0 Å². The van der Waals surface area contributed by atoms with Crippen LogP contribution < -0.4 is 10.5 Å². The van der Waals surface area contributed by atoms with E-state index in [1.165, 1.54) is 24.3 Å². The maximum absolute atomic E-state index is 13.7. The van der Waals surface area contributed by atoms with E-state index in [1.54, 1.807) is 6.07 Å². The van der Waals surface area contributed by atoms with Gasteiger partial charge in [-0.2, -0.15) is 0 Å². The van der Waals surface area contributed by atoms with E-state index in [2.05, 4.69) is 25.1 Å². The molecule has 0 aromatic heterocycles. The highest BCUT2D eigenvalue weighted by Crippen LogP contribution is 2.24. The molecule has 0 spiro atoms. The standard InChI is InChI=1S/C17H20FNO/c1-12-4-3-5-14(8-12)15(11-19)9-13-6-7-17(20-2)16(18)10-13/h3-8,10,15H,9,11,19H2,1-2H3. The third-order valence-corrected chi connectivity index (χ3v) is 3.50. The Balaban J connectivity index is 2.20. The fourth-order valence-electron chi connectivity index (χ4n) is 2.38. The first-order chi connectivity index (χ1) is 9.63. The normalized spacial score (nSPS) is 12.2. The van der Waals surface area contributed by atoms with Crippen LogP contribution in [0.25, 0.3) is 0 Å². The zero-order valence-electron chi connectivity index (χ0n) is 11.9. The molecule has 0 bridgehead atoms. The van der Waals surface area contributed by atoms with Crippen LogP contribution in [0.1, 0.15) is 22.6 Å². The molecule has 2 rings (SSSR count). The van der Waals surface area contributed by atoms with Gasteiger partial charge >= 0.3 is 0 Å². The summed E-state index contributed by atoms with van der Waals surface area (Å²) in [6.45, 7) is 2.60. The molecule has 0 fully saturated rings. The number of rotatable bonds is 5. The van der Waals surface area contributed by atoms with E-state index in [-0.39, 0.29) is 17.5 Å². The molecule has 2 nitrogen and oxygen atoms in total. The molecule has 0 amide bonds. The number of hydrogen-bond acceptors (Lipinski definition) is 2. The fourth-order valence-corrected chi connectivity index (χ4v) is 2.38. The summed E-state index contributed by atoms with van der Waals surface area (Å²) >= 11 is 0. The molecule has 2 aromatic carbocycles. The van der Waals surface area contributed by atoms with Crippen molar-refractivity contribution in [3.05, 3.63) is 65.0 Å². The summed E-state index contributed by atoms with van der Waals surface area (Å²) in [4.78, 5) is 0. The first-order valence-corrected chi connectivity index (χ1v) is 6.73. The Bertz CT molecular complexity index is 583. The molecule has 0 saturated carbocycles. The molecular formula is C17H20FNO. The van der Waals surface area contributed by atoms with Gasteiger partial charge in [0.25, 0.3) is 0 Å². The van der Waals surface area contributed by atoms with Crippen molar-refractivity contribution in [1.82, 2.24) is 0 Å². The minimum atomic E-state index is -0.329. The lowest BCUT2D eigenvalue weighted by molar-refractivity contribution is 0.386. The first-order valence-electron chi connectivity index (χ1n) is 6.73. The summed E-state index contributed by atoms with van der Waals surface area (Å²) in [5.74, 6) is 0.140. The van der Waals surface area contributed by atoms with Gasteiger partial charge in [0.15, 0.2) is 11.6 Å². The summed E-state index contributed by atoms with van der Waals surface area (Å²) in [6, 6.07) is 13.4. The highest BCUT2D eigenvalue weighted by atomic mass is 19.1. The monoisotopic (exact) mass is 273 g/mol. The highest BCUT2D eigenvalue weighted by molar-refractivity contribution is 5.32. The third kappa shape index (κ3) is 3.36. The lowest BCUT2D eigenvalue weighted by Crippen LogP contribution is -2.15. The Hall–Kier alpha value is -1.87. The minimum absolute atomic E-state index is 0.197. The number of benzene rings is 2. The molecule has 1 unspecified atom stereocenters. The van der Waals surface area contributed by atoms with Crippen LogP contribution in [0.15, 0.2) is 42.5 Å². The Morgan fingerprint density at radius 3 is 2.60 bits per heavy atom. The van der Waals surface area contributed by atoms with Gasteiger partial charge in [-0.05, 0) is 43.1 Å². The maximum atomic E-state index is 13.7. The molecular weight excluding hydrogens is 253 g/mol. The molecule has 106 valence electrons. The second kappa shape index (κ2) is 6.53. The van der Waals surface area contributed by atoms with Crippen molar-refractivity contribution in [3.8, 4) is 5.75 Å². The van der Waals surface area contributed by atoms with Crippen LogP contribution in [0.5, 0.6) is 5.75 Å². The van der Waals surface area contributed by atoms with Crippen molar-refractivity contribution >= 4 is 0 Å². The average molecular weight is 273 g/mol. The number of aryl methyl sites for hydroxylation is 1.